The first kappa shape index (κ1) is 19.2. The average Bonchev–Trinajstić information content (AvgIpc) is 2.73. The van der Waals surface area contributed by atoms with E-state index in [9.17, 15) is 9.59 Å². The van der Waals surface area contributed by atoms with E-state index in [1.807, 2.05) is 24.3 Å². The van der Waals surface area contributed by atoms with Crippen LogP contribution in [0.15, 0.2) is 39.0 Å². The fourth-order valence-corrected chi connectivity index (χ4v) is 3.48. The van der Waals surface area contributed by atoms with Crippen molar-refractivity contribution < 1.29 is 4.74 Å². The van der Waals surface area contributed by atoms with Crippen LogP contribution in [0.2, 0.25) is 0 Å². The zero-order valence-corrected chi connectivity index (χ0v) is 16.6. The Morgan fingerprint density at radius 2 is 1.86 bits per heavy atom. The first-order valence-corrected chi connectivity index (χ1v) is 9.59. The Balaban J connectivity index is 1.56. The predicted molar refractivity (Wildman–Crippen MR) is 112 cm³/mol. The zero-order chi connectivity index (χ0) is 20.4. The van der Waals surface area contributed by atoms with Crippen molar-refractivity contribution in [1.82, 2.24) is 19.4 Å². The highest BCUT2D eigenvalue weighted by Crippen LogP contribution is 2.35. The number of hydrogen-bond donors (Lipinski definition) is 2. The highest BCUT2D eigenvalue weighted by Gasteiger charge is 2.25. The molecule has 0 bridgehead atoms. The summed E-state index contributed by atoms with van der Waals surface area (Å²) >= 11 is 0. The average molecular weight is 399 g/mol. The number of aromatic nitrogens is 2. The van der Waals surface area contributed by atoms with Crippen LogP contribution < -0.4 is 26.3 Å². The van der Waals surface area contributed by atoms with E-state index in [2.05, 4.69) is 32.4 Å². The van der Waals surface area contributed by atoms with Gasteiger partial charge in [0.15, 0.2) is 11.5 Å². The number of hydrogen-bond acceptors (Lipinski definition) is 8. The molecule has 0 radical (unpaired) electrons. The maximum atomic E-state index is 12.5. The second-order valence-corrected chi connectivity index (χ2v) is 7.20. The molecule has 0 saturated carbocycles. The predicted octanol–water partition coefficient (Wildman–Crippen LogP) is 0.207. The molecule has 2 aliphatic heterocycles. The molecule has 1 aromatic heterocycles. The molecule has 1 fully saturated rings. The van der Waals surface area contributed by atoms with Crippen molar-refractivity contribution >= 4 is 23.5 Å². The number of aromatic amines is 1. The number of likely N-dealkylation sites (N-methyl/N-ethyl adjacent to an activating group) is 1. The summed E-state index contributed by atoms with van der Waals surface area (Å²) in [6.45, 7) is 5.56. The Hall–Kier alpha value is -3.11. The summed E-state index contributed by atoms with van der Waals surface area (Å²) in [5.41, 5.74) is 2.72. The van der Waals surface area contributed by atoms with Gasteiger partial charge >= 0.3 is 5.69 Å². The zero-order valence-electron chi connectivity index (χ0n) is 16.6. The molecule has 0 amide bonds. The molecule has 10 heteroatoms. The standard InChI is InChI=1S/C19H25N7O3/c1-23-7-9-25(10-8-23)11-12-29-15-6-4-3-5-14(15)26-13-20-22-17-16(26)18(27)21-19(28)24(17)2/h3-6,13,22H,7-12H2,1-2H3,(H,21,27,28). The number of piperazine rings is 1. The van der Waals surface area contributed by atoms with E-state index in [4.69, 9.17) is 4.74 Å². The first-order chi connectivity index (χ1) is 14.0. The Morgan fingerprint density at radius 1 is 1.10 bits per heavy atom. The largest absolute Gasteiger partial charge is 0.490 e. The van der Waals surface area contributed by atoms with Crippen LogP contribution in [0, 0.1) is 0 Å². The van der Waals surface area contributed by atoms with Gasteiger partial charge in [0, 0.05) is 39.8 Å². The maximum Gasteiger partial charge on any atom is 0.329 e. The van der Waals surface area contributed by atoms with Crippen molar-refractivity contribution in [2.75, 3.05) is 56.7 Å². The van der Waals surface area contributed by atoms with E-state index < -0.39 is 11.2 Å². The molecule has 154 valence electrons. The molecule has 3 heterocycles. The summed E-state index contributed by atoms with van der Waals surface area (Å²) < 4.78 is 7.39. The van der Waals surface area contributed by atoms with Crippen molar-refractivity contribution in [3.8, 4) is 5.75 Å². The molecule has 0 unspecified atom stereocenters. The van der Waals surface area contributed by atoms with Crippen molar-refractivity contribution in [2.45, 2.75) is 0 Å². The van der Waals surface area contributed by atoms with Gasteiger partial charge in [0.1, 0.15) is 18.7 Å². The summed E-state index contributed by atoms with van der Waals surface area (Å²) in [6, 6.07) is 7.48. The van der Waals surface area contributed by atoms with Crippen LogP contribution >= 0.6 is 0 Å². The number of nitrogens with one attached hydrogen (secondary N) is 2. The Bertz CT molecular complexity index is 1020. The lowest BCUT2D eigenvalue weighted by atomic mass is 10.2. The van der Waals surface area contributed by atoms with Crippen LogP contribution in [0.3, 0.4) is 0 Å². The smallest absolute Gasteiger partial charge is 0.329 e. The highest BCUT2D eigenvalue weighted by molar-refractivity contribution is 5.97. The fourth-order valence-electron chi connectivity index (χ4n) is 3.48. The lowest BCUT2D eigenvalue weighted by molar-refractivity contribution is 0.134. The molecule has 29 heavy (non-hydrogen) atoms. The second kappa shape index (κ2) is 8.10. The molecular formula is C19H25N7O3. The number of fused-ring (bicyclic) bond motifs is 1. The molecule has 2 aromatic rings. The normalized spacial score (nSPS) is 17.1. The van der Waals surface area contributed by atoms with Gasteiger partial charge in [-0.3, -0.25) is 29.6 Å². The molecule has 10 nitrogen and oxygen atoms in total. The molecule has 4 rings (SSSR count). The van der Waals surface area contributed by atoms with Crippen LogP contribution in [0.1, 0.15) is 0 Å². The van der Waals surface area contributed by atoms with Gasteiger partial charge in [0.05, 0.1) is 5.69 Å². The van der Waals surface area contributed by atoms with Gasteiger partial charge in [-0.1, -0.05) is 12.1 Å². The fraction of sp³-hybridized carbons (Fsp3) is 0.421. The van der Waals surface area contributed by atoms with Crippen molar-refractivity contribution in [3.63, 3.8) is 0 Å². The van der Waals surface area contributed by atoms with Crippen LogP contribution in [-0.2, 0) is 7.05 Å². The molecule has 0 aliphatic carbocycles. The van der Waals surface area contributed by atoms with Gasteiger partial charge < -0.3 is 9.64 Å². The summed E-state index contributed by atoms with van der Waals surface area (Å²) in [4.78, 5) is 33.1. The SMILES string of the molecule is CN1CCN(CCOc2ccccc2N2C=NNc3c2c(=O)[nH]c(=O)n3C)CC1. The highest BCUT2D eigenvalue weighted by atomic mass is 16.5. The van der Waals surface area contributed by atoms with Gasteiger partial charge in [-0.05, 0) is 19.2 Å². The second-order valence-electron chi connectivity index (χ2n) is 7.20. The molecular weight excluding hydrogens is 374 g/mol. The minimum atomic E-state index is -0.505. The van der Waals surface area contributed by atoms with E-state index in [-0.39, 0.29) is 5.69 Å². The molecule has 0 atom stereocenters. The number of hydrazone groups is 1. The number of H-pyrrole nitrogens is 1. The van der Waals surface area contributed by atoms with E-state index in [1.165, 1.54) is 10.9 Å². The molecule has 1 aromatic carbocycles. The van der Waals surface area contributed by atoms with Crippen LogP contribution in [-0.4, -0.2) is 72.1 Å². The van der Waals surface area contributed by atoms with Crippen molar-refractivity contribution in [3.05, 3.63) is 45.1 Å². The third kappa shape index (κ3) is 3.89. The van der Waals surface area contributed by atoms with Gasteiger partial charge in [-0.2, -0.15) is 5.10 Å². The summed E-state index contributed by atoms with van der Waals surface area (Å²) in [5, 5.41) is 4.09. The Morgan fingerprint density at radius 3 is 2.66 bits per heavy atom. The first-order valence-electron chi connectivity index (χ1n) is 9.59. The molecule has 2 N–H and O–H groups in total. The van der Waals surface area contributed by atoms with E-state index in [1.54, 1.807) is 11.9 Å². The minimum absolute atomic E-state index is 0.289. The molecule has 2 aliphatic rings. The lowest BCUT2D eigenvalue weighted by Gasteiger charge is -2.32. The summed E-state index contributed by atoms with van der Waals surface area (Å²) in [6.07, 6.45) is 1.50. The molecule has 1 saturated heterocycles. The third-order valence-corrected chi connectivity index (χ3v) is 5.27. The number of anilines is 3. The number of para-hydroxylation sites is 2. The third-order valence-electron chi connectivity index (χ3n) is 5.27. The van der Waals surface area contributed by atoms with E-state index in [0.29, 0.717) is 23.9 Å². The lowest BCUT2D eigenvalue weighted by Crippen LogP contribution is -2.45. The van der Waals surface area contributed by atoms with Gasteiger partial charge in [0.25, 0.3) is 5.56 Å². The van der Waals surface area contributed by atoms with Crippen LogP contribution in [0.4, 0.5) is 17.2 Å². The Kier molecular flexibility index (Phi) is 5.36. The van der Waals surface area contributed by atoms with Gasteiger partial charge in [-0.25, -0.2) is 4.79 Å². The van der Waals surface area contributed by atoms with Crippen LogP contribution in [0.5, 0.6) is 5.75 Å². The van der Waals surface area contributed by atoms with Gasteiger partial charge in [0.2, 0.25) is 0 Å². The van der Waals surface area contributed by atoms with E-state index >= 15 is 0 Å². The van der Waals surface area contributed by atoms with Gasteiger partial charge in [-0.15, -0.1) is 0 Å². The quantitative estimate of drug-likeness (QED) is 0.742. The van der Waals surface area contributed by atoms with E-state index in [0.717, 1.165) is 32.7 Å². The monoisotopic (exact) mass is 399 g/mol. The minimum Gasteiger partial charge on any atom is -0.490 e. The number of nitrogens with zero attached hydrogens (tertiary/aromatic N) is 5. The summed E-state index contributed by atoms with van der Waals surface area (Å²) in [7, 11) is 3.70. The van der Waals surface area contributed by atoms with Crippen LogP contribution in [0.25, 0.3) is 0 Å². The topological polar surface area (TPSA) is 98.2 Å². The number of benzene rings is 1. The van der Waals surface area contributed by atoms with Crippen molar-refractivity contribution in [2.24, 2.45) is 12.1 Å². The number of ether oxygens (including phenoxy) is 1. The van der Waals surface area contributed by atoms with Crippen molar-refractivity contribution in [1.29, 1.82) is 0 Å². The Labute approximate surface area is 168 Å². The molecule has 0 spiro atoms. The summed E-state index contributed by atoms with van der Waals surface area (Å²) in [5.74, 6) is 0.975. The number of rotatable bonds is 5. The maximum absolute atomic E-state index is 12.5.